The molecule has 2 atom stereocenters. The average molecular weight is 213 g/mol. The van der Waals surface area contributed by atoms with Gasteiger partial charge in [-0.1, -0.05) is 13.8 Å². The molecule has 0 aliphatic carbocycles. The van der Waals surface area contributed by atoms with E-state index in [2.05, 4.69) is 18.9 Å². The van der Waals surface area contributed by atoms with Crippen molar-refractivity contribution in [2.75, 3.05) is 26.7 Å². The van der Waals surface area contributed by atoms with Gasteiger partial charge in [0.1, 0.15) is 0 Å². The smallest absolute Gasteiger partial charge is 0.239 e. The van der Waals surface area contributed by atoms with Gasteiger partial charge in [-0.05, 0) is 19.9 Å². The summed E-state index contributed by atoms with van der Waals surface area (Å²) in [4.78, 5) is 16.1. The Morgan fingerprint density at radius 1 is 1.40 bits per heavy atom. The maximum Gasteiger partial charge on any atom is 0.239 e. The van der Waals surface area contributed by atoms with Gasteiger partial charge in [-0.25, -0.2) is 0 Å². The van der Waals surface area contributed by atoms with Gasteiger partial charge >= 0.3 is 0 Å². The monoisotopic (exact) mass is 213 g/mol. The number of hydrogen-bond acceptors (Lipinski definition) is 3. The summed E-state index contributed by atoms with van der Waals surface area (Å²) in [7, 11) is 2.09. The predicted octanol–water partition coefficient (Wildman–Crippen LogP) is 0.132. The van der Waals surface area contributed by atoms with Gasteiger partial charge in [0.2, 0.25) is 5.91 Å². The summed E-state index contributed by atoms with van der Waals surface area (Å²) in [6, 6.07) is 0.0858. The molecule has 0 aromatic rings. The maximum atomic E-state index is 12.0. The van der Waals surface area contributed by atoms with E-state index in [4.69, 9.17) is 5.73 Å². The van der Waals surface area contributed by atoms with E-state index >= 15 is 0 Å². The van der Waals surface area contributed by atoms with Gasteiger partial charge in [-0.3, -0.25) is 4.79 Å². The molecule has 0 aromatic carbocycles. The van der Waals surface area contributed by atoms with Crippen LogP contribution in [-0.2, 0) is 4.79 Å². The highest BCUT2D eigenvalue weighted by Crippen LogP contribution is 2.10. The minimum absolute atomic E-state index is 0.102. The molecule has 4 heteroatoms. The lowest BCUT2D eigenvalue weighted by Gasteiger charge is -2.39. The minimum Gasteiger partial charge on any atom is -0.339 e. The molecule has 1 unspecified atom stereocenters. The Kier molecular flexibility index (Phi) is 4.11. The van der Waals surface area contributed by atoms with Crippen molar-refractivity contribution in [3.05, 3.63) is 0 Å². The second-order valence-corrected chi connectivity index (χ2v) is 4.88. The van der Waals surface area contributed by atoms with Crippen molar-refractivity contribution in [3.8, 4) is 0 Å². The van der Waals surface area contributed by atoms with E-state index in [1.807, 2.05) is 18.7 Å². The van der Waals surface area contributed by atoms with Crippen molar-refractivity contribution in [2.45, 2.75) is 32.9 Å². The number of rotatable bonds is 2. The molecular weight excluding hydrogens is 190 g/mol. The van der Waals surface area contributed by atoms with Gasteiger partial charge in [0, 0.05) is 25.7 Å². The topological polar surface area (TPSA) is 49.6 Å². The fraction of sp³-hybridized carbons (Fsp3) is 0.909. The van der Waals surface area contributed by atoms with Crippen molar-refractivity contribution in [1.29, 1.82) is 0 Å². The molecule has 1 rings (SSSR count). The molecule has 88 valence electrons. The second kappa shape index (κ2) is 4.94. The Morgan fingerprint density at radius 2 is 2.00 bits per heavy atom. The number of carbonyl (C=O) groups is 1. The normalized spacial score (nSPS) is 25.7. The Labute approximate surface area is 92.4 Å². The number of likely N-dealkylation sites (N-methyl/N-ethyl adjacent to an activating group) is 1. The van der Waals surface area contributed by atoms with Crippen LogP contribution in [0.3, 0.4) is 0 Å². The number of nitrogens with zero attached hydrogens (tertiary/aromatic N) is 2. The van der Waals surface area contributed by atoms with Crippen LogP contribution < -0.4 is 5.73 Å². The quantitative estimate of drug-likeness (QED) is 0.709. The van der Waals surface area contributed by atoms with Crippen LogP contribution >= 0.6 is 0 Å². The standard InChI is InChI=1S/C11H23N3O/c1-8(2)10(12)11(15)14-6-5-13(4)9(3)7-14/h8-10H,5-7,12H2,1-4H3/t9?,10-/m0/s1. The number of hydrogen-bond donors (Lipinski definition) is 1. The third kappa shape index (κ3) is 2.92. The first-order chi connectivity index (χ1) is 6.93. The number of amides is 1. The summed E-state index contributed by atoms with van der Waals surface area (Å²) in [6.45, 7) is 8.66. The molecule has 2 N–H and O–H groups in total. The first-order valence-corrected chi connectivity index (χ1v) is 5.68. The van der Waals surface area contributed by atoms with E-state index in [1.165, 1.54) is 0 Å². The zero-order chi connectivity index (χ0) is 11.6. The molecule has 0 bridgehead atoms. The van der Waals surface area contributed by atoms with Crippen LogP contribution in [0.5, 0.6) is 0 Å². The van der Waals surface area contributed by atoms with Gasteiger partial charge in [0.15, 0.2) is 0 Å². The van der Waals surface area contributed by atoms with Crippen molar-refractivity contribution in [3.63, 3.8) is 0 Å². The maximum absolute atomic E-state index is 12.0. The van der Waals surface area contributed by atoms with Gasteiger partial charge < -0.3 is 15.5 Å². The molecule has 1 aliphatic heterocycles. The lowest BCUT2D eigenvalue weighted by molar-refractivity contribution is -0.136. The highest BCUT2D eigenvalue weighted by atomic mass is 16.2. The largest absolute Gasteiger partial charge is 0.339 e. The van der Waals surface area contributed by atoms with E-state index in [9.17, 15) is 4.79 Å². The second-order valence-electron chi connectivity index (χ2n) is 4.88. The van der Waals surface area contributed by atoms with Gasteiger partial charge in [0.05, 0.1) is 6.04 Å². The van der Waals surface area contributed by atoms with Gasteiger partial charge in [-0.2, -0.15) is 0 Å². The van der Waals surface area contributed by atoms with Crippen LogP contribution in [0.15, 0.2) is 0 Å². The molecule has 0 aromatic heterocycles. The van der Waals surface area contributed by atoms with Crippen LogP contribution in [0, 0.1) is 5.92 Å². The third-order valence-electron chi connectivity index (χ3n) is 3.27. The highest BCUT2D eigenvalue weighted by Gasteiger charge is 2.28. The molecule has 1 fully saturated rings. The van der Waals surface area contributed by atoms with E-state index in [-0.39, 0.29) is 17.9 Å². The van der Waals surface area contributed by atoms with Crippen molar-refractivity contribution in [2.24, 2.45) is 11.7 Å². The summed E-state index contributed by atoms with van der Waals surface area (Å²) in [5, 5.41) is 0. The summed E-state index contributed by atoms with van der Waals surface area (Å²) < 4.78 is 0. The Morgan fingerprint density at radius 3 is 2.47 bits per heavy atom. The molecule has 0 spiro atoms. The van der Waals surface area contributed by atoms with Crippen molar-refractivity contribution >= 4 is 5.91 Å². The predicted molar refractivity (Wildman–Crippen MR) is 61.5 cm³/mol. The Balaban J connectivity index is 2.54. The van der Waals surface area contributed by atoms with Crippen LogP contribution in [0.4, 0.5) is 0 Å². The van der Waals surface area contributed by atoms with Gasteiger partial charge in [-0.15, -0.1) is 0 Å². The molecule has 0 radical (unpaired) electrons. The van der Waals surface area contributed by atoms with E-state index in [0.29, 0.717) is 6.04 Å². The fourth-order valence-corrected chi connectivity index (χ4v) is 1.74. The summed E-state index contributed by atoms with van der Waals surface area (Å²) in [5.41, 5.74) is 5.87. The first-order valence-electron chi connectivity index (χ1n) is 5.68. The minimum atomic E-state index is -0.347. The molecular formula is C11H23N3O. The summed E-state index contributed by atoms with van der Waals surface area (Å²) >= 11 is 0. The summed E-state index contributed by atoms with van der Waals surface area (Å²) in [6.07, 6.45) is 0. The zero-order valence-corrected chi connectivity index (χ0v) is 10.2. The van der Waals surface area contributed by atoms with Crippen LogP contribution in [0.2, 0.25) is 0 Å². The molecule has 4 nitrogen and oxygen atoms in total. The van der Waals surface area contributed by atoms with Crippen LogP contribution in [0.25, 0.3) is 0 Å². The molecule has 15 heavy (non-hydrogen) atoms. The number of nitrogens with two attached hydrogens (primary N) is 1. The van der Waals surface area contributed by atoms with E-state index in [1.54, 1.807) is 0 Å². The number of carbonyl (C=O) groups excluding carboxylic acids is 1. The summed E-state index contributed by atoms with van der Waals surface area (Å²) in [5.74, 6) is 0.317. The zero-order valence-electron chi connectivity index (χ0n) is 10.2. The third-order valence-corrected chi connectivity index (χ3v) is 3.27. The average Bonchev–Trinajstić information content (AvgIpc) is 2.19. The Bertz CT molecular complexity index is 230. The van der Waals surface area contributed by atoms with E-state index in [0.717, 1.165) is 19.6 Å². The Hall–Kier alpha value is -0.610. The number of piperazine rings is 1. The molecule has 1 aliphatic rings. The van der Waals surface area contributed by atoms with Crippen molar-refractivity contribution < 1.29 is 4.79 Å². The van der Waals surface area contributed by atoms with Crippen molar-refractivity contribution in [1.82, 2.24) is 9.80 Å². The van der Waals surface area contributed by atoms with E-state index < -0.39 is 0 Å². The molecule has 1 saturated heterocycles. The molecule has 1 amide bonds. The molecule has 1 heterocycles. The highest BCUT2D eigenvalue weighted by molar-refractivity contribution is 5.82. The lowest BCUT2D eigenvalue weighted by atomic mass is 10.0. The first kappa shape index (κ1) is 12.5. The fourth-order valence-electron chi connectivity index (χ4n) is 1.74. The van der Waals surface area contributed by atoms with Crippen LogP contribution in [-0.4, -0.2) is 54.5 Å². The SMILES string of the molecule is CC(C)[C@H](N)C(=O)N1CCN(C)C(C)C1. The molecule has 0 saturated carbocycles. The van der Waals surface area contributed by atoms with Crippen LogP contribution in [0.1, 0.15) is 20.8 Å². The van der Waals surface area contributed by atoms with Gasteiger partial charge in [0.25, 0.3) is 0 Å². The lowest BCUT2D eigenvalue weighted by Crippen LogP contribution is -2.56.